The number of hydrogen-bond acceptors (Lipinski definition) is 6. The lowest BCUT2D eigenvalue weighted by Gasteiger charge is -2.33. The van der Waals surface area contributed by atoms with Crippen LogP contribution in [-0.2, 0) is 30.3 Å². The molecule has 0 fully saturated rings. The Morgan fingerprint density at radius 1 is 0.756 bits per heavy atom. The van der Waals surface area contributed by atoms with Crippen molar-refractivity contribution in [2.75, 3.05) is 13.1 Å². The number of esters is 1. The van der Waals surface area contributed by atoms with E-state index in [9.17, 15) is 19.2 Å². The Morgan fingerprint density at radius 2 is 1.31 bits per heavy atom. The van der Waals surface area contributed by atoms with Crippen LogP contribution in [0.3, 0.4) is 0 Å². The lowest BCUT2D eigenvalue weighted by Crippen LogP contribution is -2.52. The Hall–Kier alpha value is -3.88. The van der Waals surface area contributed by atoms with Gasteiger partial charge in [0.2, 0.25) is 11.8 Å². The number of unbranched alkanes of at least 4 members (excludes halogenated alkanes) is 5. The van der Waals surface area contributed by atoms with Gasteiger partial charge in [-0.25, -0.2) is 9.59 Å². The van der Waals surface area contributed by atoms with Crippen LogP contribution < -0.4 is 10.6 Å². The third-order valence-corrected chi connectivity index (χ3v) is 6.82. The van der Waals surface area contributed by atoms with Gasteiger partial charge in [-0.3, -0.25) is 9.59 Å². The number of alkyl carbamates (subject to hydrolysis) is 1. The van der Waals surface area contributed by atoms with Gasteiger partial charge in [0.1, 0.15) is 29.8 Å². The predicted octanol–water partition coefficient (Wildman–Crippen LogP) is 6.51. The van der Waals surface area contributed by atoms with Gasteiger partial charge in [-0.05, 0) is 59.1 Å². The quantitative estimate of drug-likeness (QED) is 0.163. The highest BCUT2D eigenvalue weighted by Gasteiger charge is 2.35. The number of carbonyl (C=O) groups excluding carboxylic acids is 4. The number of nitrogens with one attached hydrogen (secondary N) is 2. The number of carbonyl (C=O) groups is 4. The fraction of sp³-hybridized carbons (Fsp3) is 0.556. The first-order valence-electron chi connectivity index (χ1n) is 16.1. The van der Waals surface area contributed by atoms with Gasteiger partial charge in [0.05, 0.1) is 0 Å². The molecule has 0 heterocycles. The van der Waals surface area contributed by atoms with Crippen LogP contribution in [0, 0.1) is 0 Å². The average molecular weight is 624 g/mol. The first-order chi connectivity index (χ1) is 21.2. The molecule has 2 unspecified atom stereocenters. The van der Waals surface area contributed by atoms with E-state index in [-0.39, 0.29) is 13.0 Å². The standard InChI is InChI=1S/C36H53N3O6/c1-8-9-10-11-12-19-24-39(30(40)26-37-34(43)45-36(5,6)7)31(28-22-17-14-18-23-28)32(41)38-29(33(42)44-35(2,3)4)25-27-20-15-13-16-21-27/h13-18,20-23,29,31H,8-12,19,24-26H2,1-7H3,(H,37,43)(H,38,41). The molecule has 248 valence electrons. The first kappa shape index (κ1) is 37.3. The lowest BCUT2D eigenvalue weighted by molar-refractivity contribution is -0.159. The molecule has 0 spiro atoms. The molecule has 2 aromatic rings. The highest BCUT2D eigenvalue weighted by Crippen LogP contribution is 2.24. The van der Waals surface area contributed by atoms with Crippen LogP contribution >= 0.6 is 0 Å². The van der Waals surface area contributed by atoms with Crippen molar-refractivity contribution in [2.24, 2.45) is 0 Å². The third-order valence-electron chi connectivity index (χ3n) is 6.82. The number of benzene rings is 2. The maximum atomic E-state index is 14.2. The summed E-state index contributed by atoms with van der Waals surface area (Å²) in [4.78, 5) is 55.3. The van der Waals surface area contributed by atoms with Crippen molar-refractivity contribution in [3.05, 3.63) is 71.8 Å². The molecule has 0 radical (unpaired) electrons. The fourth-order valence-corrected chi connectivity index (χ4v) is 4.80. The maximum Gasteiger partial charge on any atom is 0.408 e. The van der Waals surface area contributed by atoms with Gasteiger partial charge in [0, 0.05) is 13.0 Å². The van der Waals surface area contributed by atoms with Crippen molar-refractivity contribution < 1.29 is 28.7 Å². The molecule has 9 nitrogen and oxygen atoms in total. The van der Waals surface area contributed by atoms with Crippen LogP contribution in [0.5, 0.6) is 0 Å². The van der Waals surface area contributed by atoms with E-state index in [1.165, 1.54) is 4.90 Å². The van der Waals surface area contributed by atoms with Crippen molar-refractivity contribution in [3.8, 4) is 0 Å². The molecule has 3 amide bonds. The highest BCUT2D eigenvalue weighted by molar-refractivity contribution is 5.92. The molecular formula is C36H53N3O6. The second-order valence-corrected chi connectivity index (χ2v) is 13.3. The topological polar surface area (TPSA) is 114 Å². The summed E-state index contributed by atoms with van der Waals surface area (Å²) in [7, 11) is 0. The summed E-state index contributed by atoms with van der Waals surface area (Å²) >= 11 is 0. The number of hydrogen-bond donors (Lipinski definition) is 2. The summed E-state index contributed by atoms with van der Waals surface area (Å²) in [5.41, 5.74) is -0.0451. The first-order valence-corrected chi connectivity index (χ1v) is 16.1. The molecule has 45 heavy (non-hydrogen) atoms. The average Bonchev–Trinajstić information content (AvgIpc) is 2.96. The van der Waals surface area contributed by atoms with Gasteiger partial charge in [-0.2, -0.15) is 0 Å². The zero-order valence-corrected chi connectivity index (χ0v) is 28.2. The summed E-state index contributed by atoms with van der Waals surface area (Å²) in [6.07, 6.45) is 5.46. The second-order valence-electron chi connectivity index (χ2n) is 13.3. The zero-order valence-electron chi connectivity index (χ0n) is 28.2. The van der Waals surface area contributed by atoms with E-state index in [0.29, 0.717) is 18.5 Å². The molecule has 2 aromatic carbocycles. The summed E-state index contributed by atoms with van der Waals surface area (Å²) in [5.74, 6) is -1.51. The van der Waals surface area contributed by atoms with Gasteiger partial charge >= 0.3 is 12.1 Å². The minimum absolute atomic E-state index is 0.217. The van der Waals surface area contributed by atoms with Gasteiger partial charge in [0.25, 0.3) is 0 Å². The van der Waals surface area contributed by atoms with Crippen LogP contribution in [0.15, 0.2) is 60.7 Å². The van der Waals surface area contributed by atoms with Gasteiger partial charge in [-0.1, -0.05) is 99.7 Å². The normalized spacial score (nSPS) is 12.9. The van der Waals surface area contributed by atoms with E-state index < -0.39 is 47.2 Å². The molecule has 0 aromatic heterocycles. The van der Waals surface area contributed by atoms with Crippen LogP contribution in [0.2, 0.25) is 0 Å². The van der Waals surface area contributed by atoms with E-state index >= 15 is 0 Å². The van der Waals surface area contributed by atoms with Gasteiger partial charge < -0.3 is 25.0 Å². The van der Waals surface area contributed by atoms with E-state index in [1.807, 2.05) is 36.4 Å². The van der Waals surface area contributed by atoms with Gasteiger partial charge in [-0.15, -0.1) is 0 Å². The minimum Gasteiger partial charge on any atom is -0.458 e. The Balaban J connectivity index is 2.41. The van der Waals surface area contributed by atoms with Crippen molar-refractivity contribution in [3.63, 3.8) is 0 Å². The van der Waals surface area contributed by atoms with E-state index in [1.54, 1.807) is 65.8 Å². The molecular weight excluding hydrogens is 570 g/mol. The molecule has 0 aliphatic carbocycles. The second kappa shape index (κ2) is 18.2. The van der Waals surface area contributed by atoms with Crippen LogP contribution in [0.4, 0.5) is 4.79 Å². The Bertz CT molecular complexity index is 1200. The fourth-order valence-electron chi connectivity index (χ4n) is 4.80. The molecule has 9 heteroatoms. The molecule has 2 rings (SSSR count). The number of nitrogens with zero attached hydrogens (tertiary/aromatic N) is 1. The van der Waals surface area contributed by atoms with Crippen molar-refractivity contribution >= 4 is 23.9 Å². The molecule has 0 bridgehead atoms. The summed E-state index contributed by atoms with van der Waals surface area (Å²) in [6, 6.07) is 16.4. The van der Waals surface area contributed by atoms with Gasteiger partial charge in [0.15, 0.2) is 0 Å². The summed E-state index contributed by atoms with van der Waals surface area (Å²) < 4.78 is 11.0. The molecule has 2 N–H and O–H groups in total. The van der Waals surface area contributed by atoms with Crippen molar-refractivity contribution in [2.45, 2.75) is 117 Å². The predicted molar refractivity (Wildman–Crippen MR) is 176 cm³/mol. The summed E-state index contributed by atoms with van der Waals surface area (Å²) in [6.45, 7) is 12.7. The number of amides is 3. The van der Waals surface area contributed by atoms with Crippen LogP contribution in [0.1, 0.15) is 104 Å². The van der Waals surface area contributed by atoms with Crippen LogP contribution in [0.25, 0.3) is 0 Å². The largest absolute Gasteiger partial charge is 0.458 e. The monoisotopic (exact) mass is 623 g/mol. The van der Waals surface area contributed by atoms with Crippen LogP contribution in [-0.4, -0.2) is 59.1 Å². The molecule has 0 aliphatic heterocycles. The van der Waals surface area contributed by atoms with Crippen molar-refractivity contribution in [1.29, 1.82) is 0 Å². The Morgan fingerprint density at radius 3 is 1.89 bits per heavy atom. The Kier molecular flexibility index (Phi) is 15.1. The van der Waals surface area contributed by atoms with E-state index in [4.69, 9.17) is 9.47 Å². The van der Waals surface area contributed by atoms with E-state index in [2.05, 4.69) is 17.6 Å². The maximum absolute atomic E-state index is 14.2. The molecule has 0 saturated carbocycles. The van der Waals surface area contributed by atoms with Crippen molar-refractivity contribution in [1.82, 2.24) is 15.5 Å². The molecule has 2 atom stereocenters. The Labute approximate surface area is 269 Å². The third kappa shape index (κ3) is 14.6. The smallest absolute Gasteiger partial charge is 0.408 e. The molecule has 0 aliphatic rings. The zero-order chi connectivity index (χ0) is 33.5. The van der Waals surface area contributed by atoms with E-state index in [0.717, 1.165) is 37.7 Å². The minimum atomic E-state index is -1.05. The SMILES string of the molecule is CCCCCCCCN(C(=O)CNC(=O)OC(C)(C)C)C(C(=O)NC(Cc1ccccc1)C(=O)OC(C)(C)C)c1ccccc1. The molecule has 0 saturated heterocycles. The number of rotatable bonds is 16. The lowest BCUT2D eigenvalue weighted by atomic mass is 10.0. The number of ether oxygens (including phenoxy) is 2. The summed E-state index contributed by atoms with van der Waals surface area (Å²) in [5, 5.41) is 5.46. The highest BCUT2D eigenvalue weighted by atomic mass is 16.6.